The molecule has 33 heavy (non-hydrogen) atoms. The number of imide groups is 1. The lowest BCUT2D eigenvalue weighted by molar-refractivity contribution is -0.132. The van der Waals surface area contributed by atoms with Crippen LogP contribution in [0.2, 0.25) is 0 Å². The van der Waals surface area contributed by atoms with Gasteiger partial charge in [-0.05, 0) is 45.4 Å². The molecule has 2 fully saturated rings. The third-order valence-electron chi connectivity index (χ3n) is 6.06. The van der Waals surface area contributed by atoms with Crippen LogP contribution in [0.1, 0.15) is 32.8 Å². The van der Waals surface area contributed by atoms with E-state index in [2.05, 4.69) is 22.5 Å². The molecule has 1 aromatic carbocycles. The van der Waals surface area contributed by atoms with Crippen LogP contribution in [0.3, 0.4) is 0 Å². The normalized spacial score (nSPS) is 24.9. The summed E-state index contributed by atoms with van der Waals surface area (Å²) < 4.78 is 26.9. The Hall–Kier alpha value is -3.16. The standard InChI is InChI=1S/C23H26N4O5S/c1-22(2)14-27(20(22)29)18-6-4-5-17(13-18)8-7-16-9-11-26(12-10-16)33(31,32)15-23(3)19(28)24-21(30)25-23/h4-6,9,13H,10-12,14-15H2,1-3H3,(H2,24,25,28,30)/t23-/m1/s1. The van der Waals surface area contributed by atoms with Crippen molar-refractivity contribution in [1.82, 2.24) is 14.9 Å². The lowest BCUT2D eigenvalue weighted by atomic mass is 9.82. The number of carbonyl (C=O) groups excluding carboxylic acids is 3. The van der Waals surface area contributed by atoms with Crippen molar-refractivity contribution in [2.24, 2.45) is 5.41 Å². The van der Waals surface area contributed by atoms with Crippen LogP contribution in [0.15, 0.2) is 35.9 Å². The first kappa shape index (κ1) is 23.0. The Bertz CT molecular complexity index is 1240. The summed E-state index contributed by atoms with van der Waals surface area (Å²) in [6.07, 6.45) is 2.20. The van der Waals surface area contributed by atoms with Crippen molar-refractivity contribution in [3.05, 3.63) is 41.5 Å². The van der Waals surface area contributed by atoms with E-state index in [-0.39, 0.29) is 24.4 Å². The molecule has 0 aliphatic carbocycles. The number of hydrogen-bond donors (Lipinski definition) is 2. The van der Waals surface area contributed by atoms with E-state index >= 15 is 0 Å². The number of benzene rings is 1. The van der Waals surface area contributed by atoms with E-state index in [0.29, 0.717) is 13.0 Å². The number of nitrogens with zero attached hydrogens (tertiary/aromatic N) is 2. The van der Waals surface area contributed by atoms with Gasteiger partial charge in [0.1, 0.15) is 5.54 Å². The molecule has 0 radical (unpaired) electrons. The second-order valence-electron chi connectivity index (χ2n) is 9.41. The summed E-state index contributed by atoms with van der Waals surface area (Å²) >= 11 is 0. The highest BCUT2D eigenvalue weighted by Gasteiger charge is 2.47. The number of nitrogens with one attached hydrogen (secondary N) is 2. The molecule has 4 rings (SSSR count). The van der Waals surface area contributed by atoms with Crippen molar-refractivity contribution in [1.29, 1.82) is 0 Å². The smallest absolute Gasteiger partial charge is 0.322 e. The predicted molar refractivity (Wildman–Crippen MR) is 123 cm³/mol. The number of hydrogen-bond acceptors (Lipinski definition) is 5. The highest BCUT2D eigenvalue weighted by atomic mass is 32.2. The van der Waals surface area contributed by atoms with Crippen molar-refractivity contribution in [3.8, 4) is 11.8 Å². The Balaban J connectivity index is 1.41. The number of rotatable bonds is 4. The number of anilines is 1. The molecule has 174 valence electrons. The van der Waals surface area contributed by atoms with E-state index in [4.69, 9.17) is 0 Å². The van der Waals surface area contributed by atoms with Crippen LogP contribution in [0.4, 0.5) is 10.5 Å². The molecule has 0 spiro atoms. The lowest BCUT2D eigenvalue weighted by Gasteiger charge is -2.44. The summed E-state index contributed by atoms with van der Waals surface area (Å²) in [4.78, 5) is 37.3. The van der Waals surface area contributed by atoms with E-state index in [0.717, 1.165) is 16.8 Å². The molecule has 3 aliphatic rings. The molecule has 0 saturated carbocycles. The summed E-state index contributed by atoms with van der Waals surface area (Å²) in [5, 5.41) is 4.46. The number of carbonyl (C=O) groups is 3. The first-order chi connectivity index (χ1) is 15.4. The number of amides is 4. The Morgan fingerprint density at radius 3 is 2.45 bits per heavy atom. The van der Waals surface area contributed by atoms with E-state index < -0.39 is 33.3 Å². The molecule has 3 heterocycles. The van der Waals surface area contributed by atoms with Crippen LogP contribution < -0.4 is 15.5 Å². The number of β-lactam (4-membered cyclic amide) rings is 1. The zero-order valence-electron chi connectivity index (χ0n) is 18.8. The molecular weight excluding hydrogens is 444 g/mol. The zero-order valence-corrected chi connectivity index (χ0v) is 19.6. The van der Waals surface area contributed by atoms with Crippen LogP contribution in [0.5, 0.6) is 0 Å². The molecule has 0 bridgehead atoms. The Morgan fingerprint density at radius 1 is 1.12 bits per heavy atom. The largest absolute Gasteiger partial charge is 0.322 e. The molecule has 2 N–H and O–H groups in total. The third kappa shape index (κ3) is 4.51. The molecule has 1 aromatic rings. The Labute approximate surface area is 193 Å². The molecular formula is C23H26N4O5S. The van der Waals surface area contributed by atoms with Gasteiger partial charge in [0.15, 0.2) is 0 Å². The highest BCUT2D eigenvalue weighted by molar-refractivity contribution is 7.89. The van der Waals surface area contributed by atoms with Crippen LogP contribution in [-0.2, 0) is 19.6 Å². The van der Waals surface area contributed by atoms with Gasteiger partial charge in [0, 0.05) is 36.5 Å². The van der Waals surface area contributed by atoms with E-state index in [1.54, 1.807) is 11.0 Å². The number of sulfonamides is 1. The lowest BCUT2D eigenvalue weighted by Crippen LogP contribution is -2.58. The quantitative estimate of drug-likeness (QED) is 0.387. The predicted octanol–water partition coefficient (Wildman–Crippen LogP) is 0.971. The van der Waals surface area contributed by atoms with Crippen molar-refractivity contribution in [3.63, 3.8) is 0 Å². The molecule has 10 heteroatoms. The number of urea groups is 1. The van der Waals surface area contributed by atoms with Gasteiger partial charge in [0.2, 0.25) is 15.9 Å². The maximum atomic E-state index is 12.8. The second-order valence-corrected chi connectivity index (χ2v) is 11.4. The van der Waals surface area contributed by atoms with Crippen LogP contribution in [0, 0.1) is 17.3 Å². The molecule has 0 unspecified atom stereocenters. The summed E-state index contributed by atoms with van der Waals surface area (Å²) in [6, 6.07) is 6.80. The first-order valence-electron chi connectivity index (χ1n) is 10.6. The van der Waals surface area contributed by atoms with Gasteiger partial charge < -0.3 is 10.2 Å². The summed E-state index contributed by atoms with van der Waals surface area (Å²) in [5.74, 6) is 5.13. The molecule has 0 aromatic heterocycles. The molecule has 3 aliphatic heterocycles. The van der Waals surface area contributed by atoms with Gasteiger partial charge in [-0.1, -0.05) is 24.0 Å². The van der Waals surface area contributed by atoms with E-state index in [1.807, 2.05) is 38.1 Å². The fourth-order valence-electron chi connectivity index (χ4n) is 4.08. The minimum absolute atomic E-state index is 0.0902. The van der Waals surface area contributed by atoms with Gasteiger partial charge in [-0.2, -0.15) is 4.31 Å². The average Bonchev–Trinajstić information content (AvgIpc) is 3.01. The minimum atomic E-state index is -3.77. The van der Waals surface area contributed by atoms with Crippen molar-refractivity contribution in [2.45, 2.75) is 32.7 Å². The maximum Gasteiger partial charge on any atom is 0.322 e. The summed E-state index contributed by atoms with van der Waals surface area (Å²) in [5.41, 5.74) is 0.601. The summed E-state index contributed by atoms with van der Waals surface area (Å²) in [6.45, 7) is 6.30. The third-order valence-corrected chi connectivity index (χ3v) is 8.12. The monoisotopic (exact) mass is 470 g/mol. The highest BCUT2D eigenvalue weighted by Crippen LogP contribution is 2.35. The van der Waals surface area contributed by atoms with Crippen LogP contribution in [0.25, 0.3) is 0 Å². The van der Waals surface area contributed by atoms with Gasteiger partial charge in [-0.3, -0.25) is 14.9 Å². The molecule has 2 saturated heterocycles. The molecule has 9 nitrogen and oxygen atoms in total. The first-order valence-corrected chi connectivity index (χ1v) is 12.3. The fraction of sp³-hybridized carbons (Fsp3) is 0.435. The molecule has 4 amide bonds. The maximum absolute atomic E-state index is 12.8. The van der Waals surface area contributed by atoms with Gasteiger partial charge in [-0.25, -0.2) is 13.2 Å². The van der Waals surface area contributed by atoms with E-state index in [9.17, 15) is 22.8 Å². The Morgan fingerprint density at radius 2 is 1.88 bits per heavy atom. The van der Waals surface area contributed by atoms with Crippen LogP contribution >= 0.6 is 0 Å². The van der Waals surface area contributed by atoms with Crippen LogP contribution in [-0.4, -0.2) is 61.5 Å². The zero-order chi connectivity index (χ0) is 24.0. The summed E-state index contributed by atoms with van der Waals surface area (Å²) in [7, 11) is -3.77. The van der Waals surface area contributed by atoms with Gasteiger partial charge in [-0.15, -0.1) is 0 Å². The van der Waals surface area contributed by atoms with Crippen molar-refractivity contribution in [2.75, 3.05) is 30.3 Å². The SMILES string of the molecule is CC1(C)CN(c2cccc(C#CC3=CCN(S(=O)(=O)C[C@@]4(C)NC(=O)NC4=O)CC3)c2)C1=O. The fourth-order valence-corrected chi connectivity index (χ4v) is 5.86. The van der Waals surface area contributed by atoms with E-state index in [1.165, 1.54) is 11.2 Å². The molecule has 1 atom stereocenters. The van der Waals surface area contributed by atoms with Crippen molar-refractivity contribution >= 4 is 33.6 Å². The van der Waals surface area contributed by atoms with Gasteiger partial charge >= 0.3 is 6.03 Å². The minimum Gasteiger partial charge on any atom is -0.322 e. The second kappa shape index (κ2) is 8.01. The average molecular weight is 471 g/mol. The van der Waals surface area contributed by atoms with Crippen molar-refractivity contribution < 1.29 is 22.8 Å². The van der Waals surface area contributed by atoms with Gasteiger partial charge in [0.05, 0.1) is 11.2 Å². The Kier molecular flexibility index (Phi) is 5.58. The topological polar surface area (TPSA) is 116 Å². The van der Waals surface area contributed by atoms with Gasteiger partial charge in [0.25, 0.3) is 5.91 Å².